The Bertz CT molecular complexity index is 317. The summed E-state index contributed by atoms with van der Waals surface area (Å²) in [6.07, 6.45) is 3.36. The van der Waals surface area contributed by atoms with E-state index in [4.69, 9.17) is 5.73 Å². The van der Waals surface area contributed by atoms with Gasteiger partial charge in [-0.3, -0.25) is 4.79 Å². The average Bonchev–Trinajstić information content (AvgIpc) is 2.53. The van der Waals surface area contributed by atoms with E-state index < -0.39 is 0 Å². The van der Waals surface area contributed by atoms with E-state index in [-0.39, 0.29) is 5.78 Å². The molecule has 0 unspecified atom stereocenters. The van der Waals surface area contributed by atoms with Crippen molar-refractivity contribution < 1.29 is 4.79 Å². The number of unbranched alkanes of at least 4 members (excludes halogenated alkanes) is 2. The highest BCUT2D eigenvalue weighted by Crippen LogP contribution is 2.15. The number of aryl methyl sites for hydroxylation is 1. The molecule has 84 valence electrons. The lowest BCUT2D eigenvalue weighted by molar-refractivity contribution is 0.0969. The van der Waals surface area contributed by atoms with E-state index in [0.717, 1.165) is 19.3 Å². The van der Waals surface area contributed by atoms with Gasteiger partial charge in [-0.1, -0.05) is 11.6 Å². The Labute approximate surface area is 97.2 Å². The minimum atomic E-state index is 0.0754. The van der Waals surface area contributed by atoms with Gasteiger partial charge in [-0.15, -0.1) is 5.10 Å². The Morgan fingerprint density at radius 2 is 2.20 bits per heavy atom. The van der Waals surface area contributed by atoms with Crippen LogP contribution in [0.25, 0.3) is 0 Å². The number of nitrogens with two attached hydrogens (primary N) is 1. The molecular formula is C9H15BrN4O. The summed E-state index contributed by atoms with van der Waals surface area (Å²) < 4.78 is 2.02. The van der Waals surface area contributed by atoms with Gasteiger partial charge >= 0.3 is 0 Å². The van der Waals surface area contributed by atoms with E-state index in [1.807, 2.05) is 0 Å². The van der Waals surface area contributed by atoms with Crippen LogP contribution in [0.1, 0.15) is 36.2 Å². The number of rotatable bonds is 6. The topological polar surface area (TPSA) is 73.8 Å². The van der Waals surface area contributed by atoms with E-state index >= 15 is 0 Å². The second-order valence-corrected chi connectivity index (χ2v) is 4.13. The smallest absolute Gasteiger partial charge is 0.183 e. The summed E-state index contributed by atoms with van der Waals surface area (Å²) in [5, 5.41) is 7.53. The quantitative estimate of drug-likeness (QED) is 0.627. The van der Waals surface area contributed by atoms with E-state index in [0.29, 0.717) is 23.3 Å². The predicted octanol–water partition coefficient (Wildman–Crippen LogP) is 1.28. The SMILES string of the molecule is Cn1nnc(Br)c1C(=O)CCCCCN. The Hall–Kier alpha value is -0.750. The molecule has 0 saturated heterocycles. The Kier molecular flexibility index (Phi) is 4.90. The van der Waals surface area contributed by atoms with Crippen LogP contribution >= 0.6 is 15.9 Å². The molecule has 1 heterocycles. The van der Waals surface area contributed by atoms with Crippen molar-refractivity contribution in [2.45, 2.75) is 25.7 Å². The molecule has 6 heteroatoms. The fourth-order valence-electron chi connectivity index (χ4n) is 1.35. The van der Waals surface area contributed by atoms with Crippen molar-refractivity contribution in [1.29, 1.82) is 0 Å². The molecule has 0 aromatic carbocycles. The highest BCUT2D eigenvalue weighted by Gasteiger charge is 2.15. The number of ketones is 1. The summed E-state index contributed by atoms with van der Waals surface area (Å²) in [7, 11) is 1.71. The van der Waals surface area contributed by atoms with Gasteiger partial charge in [0.25, 0.3) is 0 Å². The van der Waals surface area contributed by atoms with E-state index in [1.54, 1.807) is 7.05 Å². The maximum atomic E-state index is 11.7. The van der Waals surface area contributed by atoms with Gasteiger partial charge in [0.1, 0.15) is 5.69 Å². The van der Waals surface area contributed by atoms with Crippen molar-refractivity contribution in [3.63, 3.8) is 0 Å². The van der Waals surface area contributed by atoms with Crippen LogP contribution < -0.4 is 5.73 Å². The van der Waals surface area contributed by atoms with Crippen LogP contribution in [0.15, 0.2) is 4.60 Å². The molecule has 0 saturated carbocycles. The van der Waals surface area contributed by atoms with Gasteiger partial charge < -0.3 is 5.73 Å². The fourth-order valence-corrected chi connectivity index (χ4v) is 1.90. The molecule has 15 heavy (non-hydrogen) atoms. The first kappa shape index (κ1) is 12.3. The van der Waals surface area contributed by atoms with Crippen molar-refractivity contribution >= 4 is 21.7 Å². The van der Waals surface area contributed by atoms with Gasteiger partial charge in [-0.25, -0.2) is 4.68 Å². The van der Waals surface area contributed by atoms with Crippen LogP contribution in [-0.2, 0) is 7.05 Å². The first-order valence-electron chi connectivity index (χ1n) is 4.95. The average molecular weight is 275 g/mol. The van der Waals surface area contributed by atoms with Gasteiger partial charge in [-0.2, -0.15) is 0 Å². The lowest BCUT2D eigenvalue weighted by Gasteiger charge is -2.00. The first-order chi connectivity index (χ1) is 7.16. The molecule has 0 aliphatic carbocycles. The zero-order chi connectivity index (χ0) is 11.3. The van der Waals surface area contributed by atoms with Crippen LogP contribution in [0.5, 0.6) is 0 Å². The lowest BCUT2D eigenvalue weighted by atomic mass is 10.1. The number of hydrogen-bond acceptors (Lipinski definition) is 4. The molecule has 0 fully saturated rings. The maximum Gasteiger partial charge on any atom is 0.183 e. The van der Waals surface area contributed by atoms with E-state index in [9.17, 15) is 4.79 Å². The molecule has 0 radical (unpaired) electrons. The summed E-state index contributed by atoms with van der Waals surface area (Å²) in [6, 6.07) is 0. The molecule has 0 amide bonds. The molecule has 1 aromatic rings. The number of carbonyl (C=O) groups excluding carboxylic acids is 1. The van der Waals surface area contributed by atoms with Crippen LogP contribution in [0.3, 0.4) is 0 Å². The zero-order valence-corrected chi connectivity index (χ0v) is 10.3. The van der Waals surface area contributed by atoms with Crippen LogP contribution in [0.4, 0.5) is 0 Å². The normalized spacial score (nSPS) is 10.6. The first-order valence-corrected chi connectivity index (χ1v) is 5.74. The summed E-state index contributed by atoms with van der Waals surface area (Å²) in [4.78, 5) is 11.7. The van der Waals surface area contributed by atoms with Crippen molar-refractivity contribution in [1.82, 2.24) is 15.0 Å². The molecule has 0 spiro atoms. The summed E-state index contributed by atoms with van der Waals surface area (Å²) in [5.41, 5.74) is 5.92. The zero-order valence-electron chi connectivity index (χ0n) is 8.74. The van der Waals surface area contributed by atoms with Crippen molar-refractivity contribution in [3.8, 4) is 0 Å². The van der Waals surface area contributed by atoms with Gasteiger partial charge in [0.2, 0.25) is 0 Å². The number of halogens is 1. The number of carbonyl (C=O) groups is 1. The molecule has 1 rings (SSSR count). The Morgan fingerprint density at radius 3 is 2.73 bits per heavy atom. The van der Waals surface area contributed by atoms with Crippen LogP contribution in [0, 0.1) is 0 Å². The van der Waals surface area contributed by atoms with Crippen LogP contribution in [-0.4, -0.2) is 27.3 Å². The van der Waals surface area contributed by atoms with Gasteiger partial charge in [-0.05, 0) is 35.3 Å². The molecule has 0 bridgehead atoms. The third-order valence-corrected chi connectivity index (χ3v) is 2.69. The van der Waals surface area contributed by atoms with Crippen molar-refractivity contribution in [3.05, 3.63) is 10.3 Å². The van der Waals surface area contributed by atoms with E-state index in [1.165, 1.54) is 4.68 Å². The molecule has 2 N–H and O–H groups in total. The highest BCUT2D eigenvalue weighted by molar-refractivity contribution is 9.10. The number of nitrogens with zero attached hydrogens (tertiary/aromatic N) is 3. The maximum absolute atomic E-state index is 11.7. The third-order valence-electron chi connectivity index (χ3n) is 2.16. The summed E-state index contributed by atoms with van der Waals surface area (Å²) in [6.45, 7) is 0.686. The monoisotopic (exact) mass is 274 g/mol. The lowest BCUT2D eigenvalue weighted by Crippen LogP contribution is -2.07. The second-order valence-electron chi connectivity index (χ2n) is 3.37. The van der Waals surface area contributed by atoms with Gasteiger partial charge in [0, 0.05) is 13.5 Å². The number of aromatic nitrogens is 3. The van der Waals surface area contributed by atoms with Gasteiger partial charge in [0.05, 0.1) is 0 Å². The highest BCUT2D eigenvalue weighted by atomic mass is 79.9. The second kappa shape index (κ2) is 5.97. The Morgan fingerprint density at radius 1 is 1.47 bits per heavy atom. The summed E-state index contributed by atoms with van der Waals surface area (Å²) in [5.74, 6) is 0.0754. The molecular weight excluding hydrogens is 260 g/mol. The standard InChI is InChI=1S/C9H15BrN4O/c1-14-8(9(10)12-13-14)7(15)5-3-2-4-6-11/h2-6,11H2,1H3. The minimum Gasteiger partial charge on any atom is -0.330 e. The third kappa shape index (κ3) is 3.39. The predicted molar refractivity (Wildman–Crippen MR) is 60.6 cm³/mol. The molecule has 0 atom stereocenters. The molecule has 0 aliphatic heterocycles. The van der Waals surface area contributed by atoms with Gasteiger partial charge in [0.15, 0.2) is 10.4 Å². The summed E-state index contributed by atoms with van der Waals surface area (Å²) >= 11 is 3.21. The molecule has 0 aliphatic rings. The molecule has 1 aromatic heterocycles. The number of Topliss-reactive ketones (excluding diaryl/α,β-unsaturated/α-hetero) is 1. The van der Waals surface area contributed by atoms with Crippen molar-refractivity contribution in [2.75, 3.05) is 6.54 Å². The Balaban J connectivity index is 2.47. The minimum absolute atomic E-state index is 0.0754. The largest absolute Gasteiger partial charge is 0.330 e. The van der Waals surface area contributed by atoms with Crippen LogP contribution in [0.2, 0.25) is 0 Å². The number of hydrogen-bond donors (Lipinski definition) is 1. The van der Waals surface area contributed by atoms with Crippen molar-refractivity contribution in [2.24, 2.45) is 12.8 Å². The fraction of sp³-hybridized carbons (Fsp3) is 0.667. The van der Waals surface area contributed by atoms with E-state index in [2.05, 4.69) is 26.2 Å². The molecule has 5 nitrogen and oxygen atoms in total.